The zero-order valence-electron chi connectivity index (χ0n) is 8.95. The van der Waals surface area contributed by atoms with E-state index in [-0.39, 0.29) is 6.61 Å². The van der Waals surface area contributed by atoms with Gasteiger partial charge >= 0.3 is 0 Å². The van der Waals surface area contributed by atoms with Crippen molar-refractivity contribution in [3.05, 3.63) is 0 Å². The second-order valence-corrected chi connectivity index (χ2v) is 4.95. The standard InChI is InChI=1S/C10H21NO2S/c1-2-10-9-11(4-8-14-10)3-6-13-7-5-12/h10,12H,2-9H2,1H3. The van der Waals surface area contributed by atoms with Gasteiger partial charge in [0.1, 0.15) is 0 Å². The van der Waals surface area contributed by atoms with E-state index in [1.807, 2.05) is 0 Å². The first-order valence-corrected chi connectivity index (χ1v) is 6.44. The number of nitrogens with zero attached hydrogens (tertiary/aromatic N) is 1. The quantitative estimate of drug-likeness (QED) is 0.671. The highest BCUT2D eigenvalue weighted by molar-refractivity contribution is 8.00. The number of aliphatic hydroxyl groups is 1. The predicted octanol–water partition coefficient (Wildman–Crippen LogP) is 0.823. The molecule has 1 aliphatic heterocycles. The minimum Gasteiger partial charge on any atom is -0.394 e. The Bertz CT molecular complexity index is 146. The third-order valence-corrected chi connectivity index (χ3v) is 3.84. The lowest BCUT2D eigenvalue weighted by Gasteiger charge is -2.31. The lowest BCUT2D eigenvalue weighted by atomic mass is 10.3. The second kappa shape index (κ2) is 7.51. The first-order chi connectivity index (χ1) is 6.86. The summed E-state index contributed by atoms with van der Waals surface area (Å²) >= 11 is 2.09. The maximum Gasteiger partial charge on any atom is 0.0698 e. The molecule has 0 spiro atoms. The van der Waals surface area contributed by atoms with Crippen LogP contribution in [-0.2, 0) is 4.74 Å². The fraction of sp³-hybridized carbons (Fsp3) is 1.00. The molecule has 0 radical (unpaired) electrons. The van der Waals surface area contributed by atoms with Crippen molar-refractivity contribution in [2.75, 3.05) is 45.2 Å². The van der Waals surface area contributed by atoms with E-state index in [2.05, 4.69) is 23.6 Å². The molecule has 3 nitrogen and oxygen atoms in total. The zero-order chi connectivity index (χ0) is 10.2. The minimum atomic E-state index is 0.132. The summed E-state index contributed by atoms with van der Waals surface area (Å²) in [6, 6.07) is 0. The number of ether oxygens (including phenoxy) is 1. The lowest BCUT2D eigenvalue weighted by Crippen LogP contribution is -2.39. The van der Waals surface area contributed by atoms with Gasteiger partial charge in [-0.1, -0.05) is 6.92 Å². The van der Waals surface area contributed by atoms with Gasteiger partial charge < -0.3 is 9.84 Å². The third-order valence-electron chi connectivity index (χ3n) is 2.47. The molecule has 1 N–H and O–H groups in total. The Morgan fingerprint density at radius 1 is 1.50 bits per heavy atom. The van der Waals surface area contributed by atoms with Crippen molar-refractivity contribution < 1.29 is 9.84 Å². The minimum absolute atomic E-state index is 0.132. The normalized spacial score (nSPS) is 24.0. The predicted molar refractivity (Wildman–Crippen MR) is 60.9 cm³/mol. The third kappa shape index (κ3) is 4.64. The molecule has 1 aliphatic rings. The summed E-state index contributed by atoms with van der Waals surface area (Å²) in [6.07, 6.45) is 1.26. The van der Waals surface area contributed by atoms with E-state index in [0.717, 1.165) is 18.4 Å². The molecule has 1 heterocycles. The lowest BCUT2D eigenvalue weighted by molar-refractivity contribution is 0.0742. The van der Waals surface area contributed by atoms with Gasteiger partial charge in [0.2, 0.25) is 0 Å². The van der Waals surface area contributed by atoms with Crippen molar-refractivity contribution in [1.82, 2.24) is 4.90 Å². The summed E-state index contributed by atoms with van der Waals surface area (Å²) in [6.45, 7) is 7.00. The zero-order valence-corrected chi connectivity index (χ0v) is 9.76. The highest BCUT2D eigenvalue weighted by Crippen LogP contribution is 2.20. The molecule has 1 rings (SSSR count). The molecular formula is C10H21NO2S. The monoisotopic (exact) mass is 219 g/mol. The smallest absolute Gasteiger partial charge is 0.0698 e. The molecule has 0 saturated carbocycles. The molecule has 4 heteroatoms. The molecule has 1 unspecified atom stereocenters. The molecule has 14 heavy (non-hydrogen) atoms. The van der Waals surface area contributed by atoms with E-state index in [1.165, 1.54) is 25.3 Å². The van der Waals surface area contributed by atoms with Gasteiger partial charge in [0, 0.05) is 30.6 Å². The fourth-order valence-corrected chi connectivity index (χ4v) is 2.84. The van der Waals surface area contributed by atoms with Crippen molar-refractivity contribution in [1.29, 1.82) is 0 Å². The number of aliphatic hydroxyl groups excluding tert-OH is 1. The summed E-state index contributed by atoms with van der Waals surface area (Å²) in [5, 5.41) is 9.35. The number of rotatable bonds is 6. The Morgan fingerprint density at radius 2 is 2.36 bits per heavy atom. The average molecular weight is 219 g/mol. The Hall–Kier alpha value is 0.230. The average Bonchev–Trinajstić information content (AvgIpc) is 2.25. The Labute approximate surface area is 90.8 Å². The SMILES string of the molecule is CCC1CN(CCOCCO)CCS1. The molecule has 0 aromatic carbocycles. The van der Waals surface area contributed by atoms with Gasteiger partial charge in [0.25, 0.3) is 0 Å². The summed E-state index contributed by atoms with van der Waals surface area (Å²) < 4.78 is 5.26. The van der Waals surface area contributed by atoms with Crippen LogP contribution < -0.4 is 0 Å². The van der Waals surface area contributed by atoms with Crippen LogP contribution in [-0.4, -0.2) is 60.5 Å². The summed E-state index contributed by atoms with van der Waals surface area (Å²) in [5.41, 5.74) is 0. The van der Waals surface area contributed by atoms with Crippen LogP contribution in [0.5, 0.6) is 0 Å². The van der Waals surface area contributed by atoms with E-state index >= 15 is 0 Å². The first kappa shape index (κ1) is 12.3. The Balaban J connectivity index is 2.05. The van der Waals surface area contributed by atoms with Crippen molar-refractivity contribution >= 4 is 11.8 Å². The van der Waals surface area contributed by atoms with Crippen LogP contribution in [0.3, 0.4) is 0 Å². The second-order valence-electron chi connectivity index (χ2n) is 3.54. The van der Waals surface area contributed by atoms with Crippen LogP contribution >= 0.6 is 11.8 Å². The molecule has 0 amide bonds. The molecule has 0 aromatic heterocycles. The van der Waals surface area contributed by atoms with Crippen molar-refractivity contribution in [3.8, 4) is 0 Å². The van der Waals surface area contributed by atoms with Crippen LogP contribution in [0.4, 0.5) is 0 Å². The summed E-state index contributed by atoms with van der Waals surface area (Å²) in [7, 11) is 0. The molecule has 0 aliphatic carbocycles. The maximum atomic E-state index is 8.54. The highest BCUT2D eigenvalue weighted by Gasteiger charge is 2.17. The van der Waals surface area contributed by atoms with Crippen molar-refractivity contribution in [3.63, 3.8) is 0 Å². The van der Waals surface area contributed by atoms with Gasteiger partial charge in [-0.15, -0.1) is 0 Å². The van der Waals surface area contributed by atoms with E-state index in [0.29, 0.717) is 6.61 Å². The fourth-order valence-electron chi connectivity index (χ4n) is 1.59. The van der Waals surface area contributed by atoms with Gasteiger partial charge in [-0.3, -0.25) is 4.90 Å². The number of thioether (sulfide) groups is 1. The molecular weight excluding hydrogens is 198 g/mol. The molecule has 0 bridgehead atoms. The van der Waals surface area contributed by atoms with E-state index in [4.69, 9.17) is 9.84 Å². The summed E-state index contributed by atoms with van der Waals surface area (Å²) in [5.74, 6) is 1.25. The van der Waals surface area contributed by atoms with Crippen LogP contribution in [0, 0.1) is 0 Å². The van der Waals surface area contributed by atoms with Gasteiger partial charge in [0.05, 0.1) is 19.8 Å². The maximum absolute atomic E-state index is 8.54. The van der Waals surface area contributed by atoms with Crippen molar-refractivity contribution in [2.24, 2.45) is 0 Å². The van der Waals surface area contributed by atoms with Crippen LogP contribution in [0.1, 0.15) is 13.3 Å². The Kier molecular flexibility index (Phi) is 6.60. The molecule has 0 aromatic rings. The highest BCUT2D eigenvalue weighted by atomic mass is 32.2. The molecule has 1 saturated heterocycles. The summed E-state index contributed by atoms with van der Waals surface area (Å²) in [4.78, 5) is 2.46. The van der Waals surface area contributed by atoms with Gasteiger partial charge in [0.15, 0.2) is 0 Å². The van der Waals surface area contributed by atoms with E-state index in [9.17, 15) is 0 Å². The topological polar surface area (TPSA) is 32.7 Å². The van der Waals surface area contributed by atoms with E-state index < -0.39 is 0 Å². The largest absolute Gasteiger partial charge is 0.394 e. The van der Waals surface area contributed by atoms with Gasteiger partial charge in [-0.25, -0.2) is 0 Å². The molecule has 1 fully saturated rings. The van der Waals surface area contributed by atoms with Gasteiger partial charge in [-0.05, 0) is 6.42 Å². The van der Waals surface area contributed by atoms with Gasteiger partial charge in [-0.2, -0.15) is 11.8 Å². The Morgan fingerprint density at radius 3 is 3.07 bits per heavy atom. The number of hydrogen-bond donors (Lipinski definition) is 1. The number of hydrogen-bond acceptors (Lipinski definition) is 4. The van der Waals surface area contributed by atoms with Crippen LogP contribution in [0.25, 0.3) is 0 Å². The van der Waals surface area contributed by atoms with Crippen LogP contribution in [0.15, 0.2) is 0 Å². The molecule has 84 valence electrons. The molecule has 1 atom stereocenters. The van der Waals surface area contributed by atoms with Crippen molar-refractivity contribution in [2.45, 2.75) is 18.6 Å². The first-order valence-electron chi connectivity index (χ1n) is 5.39. The van der Waals surface area contributed by atoms with E-state index in [1.54, 1.807) is 0 Å². The van der Waals surface area contributed by atoms with Crippen LogP contribution in [0.2, 0.25) is 0 Å².